The van der Waals surface area contributed by atoms with Gasteiger partial charge in [0.1, 0.15) is 5.60 Å². The van der Waals surface area contributed by atoms with Crippen LogP contribution in [0.15, 0.2) is 5.10 Å². The van der Waals surface area contributed by atoms with Crippen LogP contribution in [0.25, 0.3) is 0 Å². The predicted molar refractivity (Wildman–Crippen MR) is 61.1 cm³/mol. The Morgan fingerprint density at radius 1 is 1.50 bits per heavy atom. The highest BCUT2D eigenvalue weighted by molar-refractivity contribution is 5.96. The summed E-state index contributed by atoms with van der Waals surface area (Å²) in [6.45, 7) is 5.63. The van der Waals surface area contributed by atoms with Gasteiger partial charge in [-0.25, -0.2) is 4.79 Å². The SMILES string of the molecule is CC(C)(C)OC(=O)N1[C@@H]2CC[C@H]1/C(=N/N)C2. The van der Waals surface area contributed by atoms with E-state index in [0.717, 1.165) is 25.0 Å². The lowest BCUT2D eigenvalue weighted by Gasteiger charge is -2.27. The summed E-state index contributed by atoms with van der Waals surface area (Å²) in [4.78, 5) is 13.8. The first kappa shape index (κ1) is 11.2. The molecular formula is C11H19N3O2. The number of hydrogen-bond donors (Lipinski definition) is 1. The fraction of sp³-hybridized carbons (Fsp3) is 0.818. The first-order valence-corrected chi connectivity index (χ1v) is 5.70. The molecule has 2 heterocycles. The maximum absolute atomic E-state index is 12.0. The molecule has 2 fully saturated rings. The van der Waals surface area contributed by atoms with Crippen molar-refractivity contribution in [2.45, 2.75) is 57.7 Å². The molecule has 16 heavy (non-hydrogen) atoms. The minimum absolute atomic E-state index is 0.0739. The summed E-state index contributed by atoms with van der Waals surface area (Å²) < 4.78 is 5.39. The molecule has 0 aliphatic carbocycles. The second-order valence-corrected chi connectivity index (χ2v) is 5.46. The first-order valence-electron chi connectivity index (χ1n) is 5.70. The fourth-order valence-electron chi connectivity index (χ4n) is 2.52. The number of hydrogen-bond acceptors (Lipinski definition) is 4. The van der Waals surface area contributed by atoms with Crippen LogP contribution in [0.2, 0.25) is 0 Å². The number of fused-ring (bicyclic) bond motifs is 2. The standard InChI is InChI=1S/C11H19N3O2/c1-11(2,3)16-10(15)14-7-4-5-9(14)8(6-7)13-12/h7,9H,4-6,12H2,1-3H3/b13-8+/t7-,9+/m1/s1. The summed E-state index contributed by atoms with van der Waals surface area (Å²) in [6, 6.07) is 0.312. The van der Waals surface area contributed by atoms with Crippen LogP contribution in [0.3, 0.4) is 0 Å². The molecule has 2 atom stereocenters. The topological polar surface area (TPSA) is 67.9 Å². The number of nitrogens with two attached hydrogens (primary N) is 1. The smallest absolute Gasteiger partial charge is 0.411 e. The van der Waals surface area contributed by atoms with Crippen LogP contribution in [-0.4, -0.2) is 34.4 Å². The van der Waals surface area contributed by atoms with E-state index < -0.39 is 5.60 Å². The molecule has 2 aliphatic heterocycles. The van der Waals surface area contributed by atoms with Gasteiger partial charge in [0, 0.05) is 12.5 Å². The molecule has 0 spiro atoms. The quantitative estimate of drug-likeness (QED) is 0.501. The predicted octanol–water partition coefficient (Wildman–Crippen LogP) is 1.47. The number of carbonyl (C=O) groups is 1. The summed E-state index contributed by atoms with van der Waals surface area (Å²) >= 11 is 0. The van der Waals surface area contributed by atoms with E-state index in [1.165, 1.54) is 0 Å². The molecule has 2 rings (SSSR count). The Morgan fingerprint density at radius 2 is 2.19 bits per heavy atom. The highest BCUT2D eigenvalue weighted by Gasteiger charge is 2.48. The van der Waals surface area contributed by atoms with Crippen molar-refractivity contribution in [3.63, 3.8) is 0 Å². The van der Waals surface area contributed by atoms with Gasteiger partial charge in [0.05, 0.1) is 11.8 Å². The van der Waals surface area contributed by atoms with Gasteiger partial charge in [0.15, 0.2) is 0 Å². The van der Waals surface area contributed by atoms with Gasteiger partial charge in [0.25, 0.3) is 0 Å². The van der Waals surface area contributed by atoms with Crippen LogP contribution in [-0.2, 0) is 4.74 Å². The molecule has 0 aromatic carbocycles. The Balaban J connectivity index is 2.09. The monoisotopic (exact) mass is 225 g/mol. The second kappa shape index (κ2) is 3.64. The van der Waals surface area contributed by atoms with Crippen molar-refractivity contribution in [1.29, 1.82) is 0 Å². The van der Waals surface area contributed by atoms with Crippen LogP contribution < -0.4 is 5.84 Å². The molecule has 5 heteroatoms. The zero-order valence-electron chi connectivity index (χ0n) is 10.1. The number of hydrazone groups is 1. The van der Waals surface area contributed by atoms with Gasteiger partial charge in [-0.15, -0.1) is 0 Å². The molecule has 0 unspecified atom stereocenters. The zero-order valence-corrected chi connectivity index (χ0v) is 10.1. The van der Waals surface area contributed by atoms with Crippen LogP contribution in [0.5, 0.6) is 0 Å². The van der Waals surface area contributed by atoms with Crippen molar-refractivity contribution < 1.29 is 9.53 Å². The Labute approximate surface area is 95.6 Å². The van der Waals surface area contributed by atoms with Gasteiger partial charge < -0.3 is 10.6 Å². The minimum Gasteiger partial charge on any atom is -0.444 e. The van der Waals surface area contributed by atoms with Crippen molar-refractivity contribution in [2.24, 2.45) is 10.9 Å². The van der Waals surface area contributed by atoms with Crippen molar-refractivity contribution >= 4 is 11.8 Å². The molecule has 0 aromatic rings. The van der Waals surface area contributed by atoms with Gasteiger partial charge in [-0.05, 0) is 33.6 Å². The molecule has 90 valence electrons. The highest BCUT2D eigenvalue weighted by atomic mass is 16.6. The van der Waals surface area contributed by atoms with Crippen molar-refractivity contribution in [2.75, 3.05) is 0 Å². The molecule has 5 nitrogen and oxygen atoms in total. The normalized spacial score (nSPS) is 31.2. The zero-order chi connectivity index (χ0) is 11.9. The van der Waals surface area contributed by atoms with Gasteiger partial charge in [0.2, 0.25) is 0 Å². The number of nitrogens with zero attached hydrogens (tertiary/aromatic N) is 2. The summed E-state index contributed by atoms with van der Waals surface area (Å²) in [5, 5.41) is 3.77. The Bertz CT molecular complexity index is 333. The molecule has 0 radical (unpaired) electrons. The Kier molecular flexibility index (Phi) is 2.56. The third-order valence-electron chi connectivity index (χ3n) is 3.10. The Hall–Kier alpha value is -1.26. The fourth-order valence-corrected chi connectivity index (χ4v) is 2.52. The van der Waals surface area contributed by atoms with E-state index in [1.807, 2.05) is 20.8 Å². The number of amides is 1. The van der Waals surface area contributed by atoms with Crippen molar-refractivity contribution in [3.8, 4) is 0 Å². The van der Waals surface area contributed by atoms with Gasteiger partial charge >= 0.3 is 6.09 Å². The highest BCUT2D eigenvalue weighted by Crippen LogP contribution is 2.36. The van der Waals surface area contributed by atoms with Crippen molar-refractivity contribution in [3.05, 3.63) is 0 Å². The largest absolute Gasteiger partial charge is 0.444 e. The molecule has 2 aliphatic rings. The number of ether oxygens (including phenoxy) is 1. The molecule has 2 saturated heterocycles. The van der Waals surface area contributed by atoms with Crippen LogP contribution in [0.4, 0.5) is 4.79 Å². The summed E-state index contributed by atoms with van der Waals surface area (Å²) in [6.07, 6.45) is 2.56. The van der Waals surface area contributed by atoms with E-state index in [0.29, 0.717) is 0 Å². The van der Waals surface area contributed by atoms with Gasteiger partial charge in [-0.3, -0.25) is 4.90 Å². The average molecular weight is 225 g/mol. The molecule has 2 N–H and O–H groups in total. The Morgan fingerprint density at radius 3 is 2.69 bits per heavy atom. The molecular weight excluding hydrogens is 206 g/mol. The summed E-state index contributed by atoms with van der Waals surface area (Å²) in [5.41, 5.74) is 0.487. The van der Waals surface area contributed by atoms with Crippen LogP contribution in [0.1, 0.15) is 40.0 Å². The summed E-state index contributed by atoms with van der Waals surface area (Å²) in [5.74, 6) is 5.32. The summed E-state index contributed by atoms with van der Waals surface area (Å²) in [7, 11) is 0. The second-order valence-electron chi connectivity index (χ2n) is 5.46. The van der Waals surface area contributed by atoms with Crippen molar-refractivity contribution in [1.82, 2.24) is 4.90 Å². The van der Waals surface area contributed by atoms with Gasteiger partial charge in [-0.1, -0.05) is 0 Å². The third kappa shape index (κ3) is 1.86. The van der Waals surface area contributed by atoms with E-state index >= 15 is 0 Å². The van der Waals surface area contributed by atoms with E-state index in [4.69, 9.17) is 10.6 Å². The van der Waals surface area contributed by atoms with Crippen LogP contribution in [0, 0.1) is 0 Å². The van der Waals surface area contributed by atoms with E-state index in [-0.39, 0.29) is 18.2 Å². The third-order valence-corrected chi connectivity index (χ3v) is 3.10. The minimum atomic E-state index is -0.445. The lowest BCUT2D eigenvalue weighted by Crippen LogP contribution is -2.40. The lowest BCUT2D eigenvalue weighted by atomic mass is 9.99. The molecule has 0 aromatic heterocycles. The molecule has 1 amide bonds. The number of carbonyl (C=O) groups excluding carboxylic acids is 1. The molecule has 0 saturated carbocycles. The maximum atomic E-state index is 12.0. The van der Waals surface area contributed by atoms with Crippen LogP contribution >= 0.6 is 0 Å². The maximum Gasteiger partial charge on any atom is 0.411 e. The van der Waals surface area contributed by atoms with E-state index in [1.54, 1.807) is 4.90 Å². The first-order chi connectivity index (χ1) is 7.42. The average Bonchev–Trinajstić information content (AvgIpc) is 2.70. The molecule has 2 bridgehead atoms. The van der Waals surface area contributed by atoms with Gasteiger partial charge in [-0.2, -0.15) is 5.10 Å². The van der Waals surface area contributed by atoms with E-state index in [2.05, 4.69) is 5.10 Å². The lowest BCUT2D eigenvalue weighted by molar-refractivity contribution is 0.0229. The van der Waals surface area contributed by atoms with E-state index in [9.17, 15) is 4.79 Å². The number of rotatable bonds is 0.